The number of rotatable bonds is 0. The van der Waals surface area contributed by atoms with Gasteiger partial charge >= 0.3 is 0 Å². The van der Waals surface area contributed by atoms with E-state index in [-0.39, 0.29) is 0 Å². The van der Waals surface area contributed by atoms with Gasteiger partial charge in [-0.2, -0.15) is 0 Å². The molecule has 116 valence electrons. The molecular formula is C19H25N3. The van der Waals surface area contributed by atoms with E-state index in [0.717, 1.165) is 5.92 Å². The molecule has 0 spiro atoms. The van der Waals surface area contributed by atoms with Crippen LogP contribution in [0.4, 0.5) is 0 Å². The highest BCUT2D eigenvalue weighted by Gasteiger charge is 2.46. The van der Waals surface area contributed by atoms with Crippen LogP contribution < -0.4 is 0 Å². The van der Waals surface area contributed by atoms with Crippen LogP contribution in [0.2, 0.25) is 0 Å². The van der Waals surface area contributed by atoms with Gasteiger partial charge in [0, 0.05) is 37.2 Å². The molecule has 3 aliphatic rings. The molecule has 2 aromatic heterocycles. The Bertz CT molecular complexity index is 491. The van der Waals surface area contributed by atoms with Crippen LogP contribution in [0.3, 0.4) is 0 Å². The van der Waals surface area contributed by atoms with Crippen LogP contribution in [0.15, 0.2) is 66.5 Å². The second kappa shape index (κ2) is 7.83. The van der Waals surface area contributed by atoms with Crippen LogP contribution in [0.5, 0.6) is 0 Å². The minimum Gasteiger partial charge on any atom is -0.265 e. The normalized spacial score (nSPS) is 20.6. The van der Waals surface area contributed by atoms with E-state index >= 15 is 0 Å². The Hall–Kier alpha value is -2.03. The van der Waals surface area contributed by atoms with Crippen molar-refractivity contribution >= 4 is 0 Å². The van der Waals surface area contributed by atoms with E-state index < -0.39 is 0 Å². The summed E-state index contributed by atoms with van der Waals surface area (Å²) in [6.07, 6.45) is 14.3. The summed E-state index contributed by atoms with van der Waals surface area (Å²) in [5.74, 6) is 1.02. The summed E-state index contributed by atoms with van der Waals surface area (Å²) < 4.78 is 0. The van der Waals surface area contributed by atoms with E-state index in [2.05, 4.69) is 35.7 Å². The molecule has 1 atom stereocenters. The van der Waals surface area contributed by atoms with Gasteiger partial charge in [0.15, 0.2) is 0 Å². The van der Waals surface area contributed by atoms with Crippen LogP contribution in [-0.4, -0.2) is 15.0 Å². The fraction of sp³-hybridized carbons (Fsp3) is 0.421. The highest BCUT2D eigenvalue weighted by Crippen LogP contribution is 2.58. The zero-order valence-corrected chi connectivity index (χ0v) is 13.7. The molecule has 1 saturated carbocycles. The van der Waals surface area contributed by atoms with Crippen molar-refractivity contribution in [3.63, 3.8) is 0 Å². The molecule has 22 heavy (non-hydrogen) atoms. The third kappa shape index (κ3) is 4.23. The Morgan fingerprint density at radius 3 is 1.64 bits per heavy atom. The maximum absolute atomic E-state index is 3.78. The van der Waals surface area contributed by atoms with Crippen LogP contribution in [0, 0.1) is 11.3 Å². The Balaban J connectivity index is 0.000000128. The van der Waals surface area contributed by atoms with E-state index in [1.54, 1.807) is 48.3 Å². The van der Waals surface area contributed by atoms with Gasteiger partial charge in [-0.05, 0) is 49.7 Å². The average molecular weight is 295 g/mol. The SMILES string of the molecule is CC1=C2CC(CC1)C2(C)C.c1ccncc1.c1cnccn1. The zero-order valence-electron chi connectivity index (χ0n) is 13.7. The van der Waals surface area contributed by atoms with E-state index in [0.29, 0.717) is 5.41 Å². The Labute approximate surface area is 133 Å². The van der Waals surface area contributed by atoms with Gasteiger partial charge in [0.05, 0.1) is 0 Å². The summed E-state index contributed by atoms with van der Waals surface area (Å²) in [6, 6.07) is 5.72. The second-order valence-corrected chi connectivity index (χ2v) is 6.34. The lowest BCUT2D eigenvalue weighted by atomic mass is 9.52. The summed E-state index contributed by atoms with van der Waals surface area (Å²) >= 11 is 0. The lowest BCUT2D eigenvalue weighted by molar-refractivity contribution is 0.133. The summed E-state index contributed by atoms with van der Waals surface area (Å²) in [5.41, 5.74) is 4.04. The lowest BCUT2D eigenvalue weighted by Crippen LogP contribution is -2.41. The van der Waals surface area contributed by atoms with Crippen molar-refractivity contribution in [2.24, 2.45) is 11.3 Å². The van der Waals surface area contributed by atoms with Crippen molar-refractivity contribution in [1.29, 1.82) is 0 Å². The molecule has 5 rings (SSSR count). The maximum Gasteiger partial charge on any atom is 0.0451 e. The highest BCUT2D eigenvalue weighted by atomic mass is 14.7. The fourth-order valence-electron chi connectivity index (χ4n) is 3.17. The first-order chi connectivity index (χ1) is 10.6. The van der Waals surface area contributed by atoms with E-state index in [1.165, 1.54) is 19.3 Å². The van der Waals surface area contributed by atoms with Gasteiger partial charge in [0.1, 0.15) is 0 Å². The molecule has 3 aliphatic carbocycles. The number of allylic oxidation sites excluding steroid dienone is 2. The van der Waals surface area contributed by atoms with Crippen LogP contribution in [0.1, 0.15) is 40.0 Å². The van der Waals surface area contributed by atoms with E-state index in [4.69, 9.17) is 0 Å². The Kier molecular flexibility index (Phi) is 5.82. The molecule has 1 unspecified atom stereocenters. The second-order valence-electron chi connectivity index (χ2n) is 6.34. The first-order valence-electron chi connectivity index (χ1n) is 7.86. The lowest BCUT2D eigenvalue weighted by Gasteiger charge is -2.52. The van der Waals surface area contributed by atoms with Gasteiger partial charge in [-0.25, -0.2) is 0 Å². The Morgan fingerprint density at radius 2 is 1.41 bits per heavy atom. The van der Waals surface area contributed by atoms with Crippen molar-refractivity contribution < 1.29 is 0 Å². The number of hydrogen-bond donors (Lipinski definition) is 0. The molecule has 3 nitrogen and oxygen atoms in total. The van der Waals surface area contributed by atoms with Gasteiger partial charge in [-0.1, -0.05) is 31.1 Å². The molecule has 2 bridgehead atoms. The molecule has 0 aliphatic heterocycles. The molecule has 3 heteroatoms. The molecule has 0 aromatic carbocycles. The van der Waals surface area contributed by atoms with E-state index in [9.17, 15) is 0 Å². The molecule has 0 amide bonds. The van der Waals surface area contributed by atoms with Crippen molar-refractivity contribution in [2.75, 3.05) is 0 Å². The summed E-state index contributed by atoms with van der Waals surface area (Å²) in [6.45, 7) is 7.12. The van der Waals surface area contributed by atoms with Crippen molar-refractivity contribution in [3.05, 3.63) is 66.5 Å². The average Bonchev–Trinajstić information content (AvgIpc) is 2.59. The molecular weight excluding hydrogens is 270 g/mol. The first-order valence-corrected chi connectivity index (χ1v) is 7.86. The largest absolute Gasteiger partial charge is 0.265 e. The van der Waals surface area contributed by atoms with Gasteiger partial charge in [0.25, 0.3) is 0 Å². The highest BCUT2D eigenvalue weighted by molar-refractivity contribution is 5.32. The summed E-state index contributed by atoms with van der Waals surface area (Å²) in [5, 5.41) is 0. The predicted molar refractivity (Wildman–Crippen MR) is 90.1 cm³/mol. The molecule has 0 saturated heterocycles. The number of fused-ring (bicyclic) bond motifs is 2. The topological polar surface area (TPSA) is 38.7 Å². The van der Waals surface area contributed by atoms with Gasteiger partial charge in [-0.3, -0.25) is 15.0 Å². The molecule has 1 fully saturated rings. The van der Waals surface area contributed by atoms with Gasteiger partial charge in [-0.15, -0.1) is 0 Å². The quantitative estimate of drug-likeness (QED) is 0.661. The van der Waals surface area contributed by atoms with E-state index in [1.807, 2.05) is 18.2 Å². The number of hydrogen-bond acceptors (Lipinski definition) is 3. The molecule has 0 N–H and O–H groups in total. The van der Waals surface area contributed by atoms with Crippen LogP contribution in [-0.2, 0) is 0 Å². The minimum atomic E-state index is 0.586. The fourth-order valence-corrected chi connectivity index (χ4v) is 3.17. The maximum atomic E-state index is 3.78. The standard InChI is InChI=1S/C10H16.C5H5N.C4H4N2/c1-7-4-5-8-6-9(7)10(8,2)3;1-2-4-6-5-3-1;1-2-6-4-3-5-1/h8H,4-6H2,1-3H3;1-5H;1-4H. The van der Waals surface area contributed by atoms with Crippen molar-refractivity contribution in [3.8, 4) is 0 Å². The third-order valence-corrected chi connectivity index (χ3v) is 4.68. The third-order valence-electron chi connectivity index (χ3n) is 4.68. The van der Waals surface area contributed by atoms with Gasteiger partial charge in [0.2, 0.25) is 0 Å². The smallest absolute Gasteiger partial charge is 0.0451 e. The predicted octanol–water partition coefficient (Wildman–Crippen LogP) is 4.70. The molecule has 0 radical (unpaired) electrons. The molecule has 2 aromatic rings. The van der Waals surface area contributed by atoms with Crippen LogP contribution in [0.25, 0.3) is 0 Å². The van der Waals surface area contributed by atoms with Crippen molar-refractivity contribution in [2.45, 2.75) is 40.0 Å². The summed E-state index contributed by atoms with van der Waals surface area (Å²) in [7, 11) is 0. The first kappa shape index (κ1) is 16.3. The molecule has 2 heterocycles. The van der Waals surface area contributed by atoms with Crippen LogP contribution >= 0.6 is 0 Å². The number of pyridine rings is 1. The zero-order chi connectivity index (χ0) is 15.8. The number of nitrogens with zero attached hydrogens (tertiary/aromatic N) is 3. The van der Waals surface area contributed by atoms with Gasteiger partial charge < -0.3 is 0 Å². The Morgan fingerprint density at radius 1 is 0.864 bits per heavy atom. The number of aromatic nitrogens is 3. The van der Waals surface area contributed by atoms with Crippen molar-refractivity contribution in [1.82, 2.24) is 15.0 Å². The monoisotopic (exact) mass is 295 g/mol. The summed E-state index contributed by atoms with van der Waals surface area (Å²) in [4.78, 5) is 11.2. The minimum absolute atomic E-state index is 0.586.